The average Bonchev–Trinajstić information content (AvgIpc) is 2.74. The number of hydrogen-bond donors (Lipinski definition) is 2. The minimum absolute atomic E-state index is 0.169. The summed E-state index contributed by atoms with van der Waals surface area (Å²) in [6.45, 7) is 3.45. The number of aliphatic hydroxyl groups excluding tert-OH is 1. The van der Waals surface area contributed by atoms with Crippen LogP contribution in [0, 0.1) is 0 Å². The number of thiophene rings is 1. The third-order valence-corrected chi connectivity index (χ3v) is 6.12. The van der Waals surface area contributed by atoms with Crippen LogP contribution >= 0.6 is 22.9 Å². The molecule has 1 rings (SSSR count). The fraction of sp³-hybridized carbons (Fsp3) is 0.600. The predicted molar refractivity (Wildman–Crippen MR) is 70.0 cm³/mol. The van der Waals surface area contributed by atoms with E-state index in [1.807, 2.05) is 13.8 Å². The van der Waals surface area contributed by atoms with Gasteiger partial charge in [0.2, 0.25) is 0 Å². The lowest BCUT2D eigenvalue weighted by molar-refractivity contribution is 0.172. The van der Waals surface area contributed by atoms with Crippen LogP contribution in [0.15, 0.2) is 16.3 Å². The summed E-state index contributed by atoms with van der Waals surface area (Å²) < 4.78 is 27.3. The van der Waals surface area contributed by atoms with Gasteiger partial charge in [-0.25, -0.2) is 13.1 Å². The molecule has 0 saturated carbocycles. The van der Waals surface area contributed by atoms with Gasteiger partial charge in [0.1, 0.15) is 4.21 Å². The first-order valence-electron chi connectivity index (χ1n) is 5.29. The van der Waals surface area contributed by atoms with Gasteiger partial charge in [0, 0.05) is 0 Å². The first kappa shape index (κ1) is 14.9. The molecule has 1 aromatic rings. The molecule has 1 aromatic heterocycles. The van der Waals surface area contributed by atoms with E-state index in [9.17, 15) is 13.5 Å². The molecule has 0 atom stereocenters. The van der Waals surface area contributed by atoms with Crippen LogP contribution in [0.25, 0.3) is 0 Å². The molecule has 4 nitrogen and oxygen atoms in total. The third-order valence-electron chi connectivity index (χ3n) is 2.82. The second-order valence-electron chi connectivity index (χ2n) is 3.81. The highest BCUT2D eigenvalue weighted by Crippen LogP contribution is 2.27. The van der Waals surface area contributed by atoms with E-state index in [1.54, 1.807) is 6.07 Å². The van der Waals surface area contributed by atoms with E-state index in [0.29, 0.717) is 17.2 Å². The Kier molecular flexibility index (Phi) is 4.97. The molecule has 0 radical (unpaired) electrons. The van der Waals surface area contributed by atoms with Gasteiger partial charge in [0.05, 0.1) is 16.5 Å². The van der Waals surface area contributed by atoms with Crippen molar-refractivity contribution in [3.05, 3.63) is 16.5 Å². The highest BCUT2D eigenvalue weighted by Gasteiger charge is 2.32. The lowest BCUT2D eigenvalue weighted by Gasteiger charge is -2.29. The molecule has 0 aromatic carbocycles. The van der Waals surface area contributed by atoms with Crippen LogP contribution in [0.3, 0.4) is 0 Å². The van der Waals surface area contributed by atoms with E-state index in [2.05, 4.69) is 4.72 Å². The van der Waals surface area contributed by atoms with Gasteiger partial charge in [-0.05, 0) is 25.0 Å². The summed E-state index contributed by atoms with van der Waals surface area (Å²) in [7, 11) is -3.61. The van der Waals surface area contributed by atoms with Gasteiger partial charge in [-0.3, -0.25) is 0 Å². The lowest BCUT2D eigenvalue weighted by atomic mass is 9.96. The molecular weight excluding hydrogens is 282 g/mol. The molecule has 0 fully saturated rings. The van der Waals surface area contributed by atoms with Crippen molar-refractivity contribution < 1.29 is 13.5 Å². The van der Waals surface area contributed by atoms with Crippen molar-refractivity contribution in [3.8, 4) is 0 Å². The normalized spacial score (nSPS) is 12.9. The topological polar surface area (TPSA) is 66.4 Å². The summed E-state index contributed by atoms with van der Waals surface area (Å²) in [5.41, 5.74) is -0.796. The highest BCUT2D eigenvalue weighted by molar-refractivity contribution is 7.91. The van der Waals surface area contributed by atoms with Crippen molar-refractivity contribution in [2.75, 3.05) is 6.61 Å². The maximum absolute atomic E-state index is 12.1. The molecule has 0 saturated heterocycles. The highest BCUT2D eigenvalue weighted by atomic mass is 35.5. The van der Waals surface area contributed by atoms with Crippen molar-refractivity contribution >= 4 is 33.0 Å². The first-order chi connectivity index (χ1) is 7.89. The van der Waals surface area contributed by atoms with E-state index in [4.69, 9.17) is 11.6 Å². The fourth-order valence-corrected chi connectivity index (χ4v) is 4.45. The molecule has 2 N–H and O–H groups in total. The maximum atomic E-state index is 12.1. The summed E-state index contributed by atoms with van der Waals surface area (Å²) in [6, 6.07) is 3.00. The second kappa shape index (κ2) is 5.67. The van der Waals surface area contributed by atoms with Crippen LogP contribution in [0.5, 0.6) is 0 Å². The summed E-state index contributed by atoms with van der Waals surface area (Å²) in [5, 5.41) is 9.34. The predicted octanol–water partition coefficient (Wildman–Crippen LogP) is 2.23. The van der Waals surface area contributed by atoms with E-state index in [0.717, 1.165) is 11.3 Å². The summed E-state index contributed by atoms with van der Waals surface area (Å²) in [5.74, 6) is 0. The molecule has 7 heteroatoms. The fourth-order valence-electron chi connectivity index (χ4n) is 1.43. The monoisotopic (exact) mass is 297 g/mol. The van der Waals surface area contributed by atoms with E-state index in [1.165, 1.54) is 6.07 Å². The van der Waals surface area contributed by atoms with Crippen LogP contribution in [0.2, 0.25) is 4.34 Å². The molecular formula is C10H16ClNO3S2. The van der Waals surface area contributed by atoms with Crippen molar-refractivity contribution in [2.45, 2.75) is 36.4 Å². The number of aliphatic hydroxyl groups is 1. The van der Waals surface area contributed by atoms with Gasteiger partial charge in [0.15, 0.2) is 0 Å². The first-order valence-corrected chi connectivity index (χ1v) is 7.97. The zero-order chi connectivity index (χ0) is 13.1. The Bertz CT molecular complexity index is 457. The van der Waals surface area contributed by atoms with E-state index >= 15 is 0 Å². The third kappa shape index (κ3) is 3.42. The van der Waals surface area contributed by atoms with Crippen molar-refractivity contribution in [2.24, 2.45) is 0 Å². The molecule has 0 spiro atoms. The van der Waals surface area contributed by atoms with Gasteiger partial charge < -0.3 is 5.11 Å². The second-order valence-corrected chi connectivity index (χ2v) is 7.43. The Morgan fingerprint density at radius 1 is 1.41 bits per heavy atom. The van der Waals surface area contributed by atoms with Gasteiger partial charge in [-0.2, -0.15) is 0 Å². The largest absolute Gasteiger partial charge is 0.394 e. The quantitative estimate of drug-likeness (QED) is 0.846. The molecule has 17 heavy (non-hydrogen) atoms. The molecule has 0 unspecified atom stereocenters. The van der Waals surface area contributed by atoms with Crippen LogP contribution in [-0.4, -0.2) is 25.7 Å². The van der Waals surface area contributed by atoms with Crippen LogP contribution < -0.4 is 4.72 Å². The molecule has 0 aliphatic heterocycles. The van der Waals surface area contributed by atoms with Crippen LogP contribution in [-0.2, 0) is 10.0 Å². The number of sulfonamides is 1. The Labute approximate surface area is 111 Å². The minimum Gasteiger partial charge on any atom is -0.394 e. The molecule has 0 aliphatic rings. The van der Waals surface area contributed by atoms with Gasteiger partial charge >= 0.3 is 0 Å². The smallest absolute Gasteiger partial charge is 0.250 e. The minimum atomic E-state index is -3.61. The zero-order valence-corrected chi connectivity index (χ0v) is 12.1. The molecule has 1 heterocycles. The van der Waals surface area contributed by atoms with Crippen molar-refractivity contribution in [1.82, 2.24) is 4.72 Å². The standard InChI is InChI=1S/C10H16ClNO3S2/c1-3-10(4-2,7-13)12-17(14,15)9-6-5-8(11)16-9/h5-6,12-13H,3-4,7H2,1-2H3. The summed E-state index contributed by atoms with van der Waals surface area (Å²) in [4.78, 5) is 0. The van der Waals surface area contributed by atoms with Crippen LogP contribution in [0.4, 0.5) is 0 Å². The molecule has 0 amide bonds. The Morgan fingerprint density at radius 2 is 2.00 bits per heavy atom. The number of halogens is 1. The van der Waals surface area contributed by atoms with Crippen molar-refractivity contribution in [1.29, 1.82) is 0 Å². The molecule has 0 bridgehead atoms. The Balaban J connectivity index is 3.00. The van der Waals surface area contributed by atoms with E-state index < -0.39 is 15.6 Å². The van der Waals surface area contributed by atoms with Crippen molar-refractivity contribution in [3.63, 3.8) is 0 Å². The van der Waals surface area contributed by atoms with Crippen LogP contribution in [0.1, 0.15) is 26.7 Å². The molecule has 0 aliphatic carbocycles. The lowest BCUT2D eigenvalue weighted by Crippen LogP contribution is -2.50. The maximum Gasteiger partial charge on any atom is 0.250 e. The number of rotatable bonds is 6. The molecule has 98 valence electrons. The SMILES string of the molecule is CCC(CC)(CO)NS(=O)(=O)c1ccc(Cl)s1. The average molecular weight is 298 g/mol. The van der Waals surface area contributed by atoms with Gasteiger partial charge in [-0.1, -0.05) is 25.4 Å². The zero-order valence-electron chi connectivity index (χ0n) is 9.73. The summed E-state index contributed by atoms with van der Waals surface area (Å²) >= 11 is 6.72. The van der Waals surface area contributed by atoms with Gasteiger partial charge in [-0.15, -0.1) is 11.3 Å². The van der Waals surface area contributed by atoms with E-state index in [-0.39, 0.29) is 10.8 Å². The number of nitrogens with one attached hydrogen (secondary N) is 1. The Morgan fingerprint density at radius 3 is 2.35 bits per heavy atom. The summed E-state index contributed by atoms with van der Waals surface area (Å²) in [6.07, 6.45) is 1.05. The Hall–Kier alpha value is -0.140. The number of hydrogen-bond acceptors (Lipinski definition) is 4. The van der Waals surface area contributed by atoms with Gasteiger partial charge in [0.25, 0.3) is 10.0 Å².